The molecule has 180 valence electrons. The molecule has 7 rings (SSSR count). The second-order valence-electron chi connectivity index (χ2n) is 9.01. The Morgan fingerprint density at radius 1 is 0.474 bits per heavy atom. The molecule has 0 unspecified atom stereocenters. The van der Waals surface area contributed by atoms with E-state index in [0.29, 0.717) is 34.2 Å². The molecule has 0 aliphatic rings. The SMILES string of the molecule is Fc1ccc(-c2nc(-c3ccccc3)nc(-c3cccc4c3oc3ccccc34)n2)cc1-c1ccccc1. The standard InChI is InChI=1S/C33H20FN3O/c34-28-19-18-23(20-27(28)21-10-3-1-4-11-21)32-35-31(22-12-5-2-6-13-22)36-33(37-32)26-16-9-15-25-24-14-7-8-17-29(24)38-30(25)26/h1-20H. The fourth-order valence-electron chi connectivity index (χ4n) is 4.77. The lowest BCUT2D eigenvalue weighted by atomic mass is 10.0. The topological polar surface area (TPSA) is 51.8 Å². The van der Waals surface area contributed by atoms with Crippen molar-refractivity contribution in [2.75, 3.05) is 0 Å². The second kappa shape index (κ2) is 9.05. The van der Waals surface area contributed by atoms with Crippen molar-refractivity contribution in [3.8, 4) is 45.3 Å². The van der Waals surface area contributed by atoms with E-state index in [1.165, 1.54) is 6.07 Å². The molecular weight excluding hydrogens is 473 g/mol. The normalized spacial score (nSPS) is 11.3. The van der Waals surface area contributed by atoms with Crippen molar-refractivity contribution in [1.82, 2.24) is 15.0 Å². The van der Waals surface area contributed by atoms with Crippen molar-refractivity contribution in [3.63, 3.8) is 0 Å². The van der Waals surface area contributed by atoms with E-state index in [4.69, 9.17) is 19.4 Å². The van der Waals surface area contributed by atoms with Crippen LogP contribution in [0.5, 0.6) is 0 Å². The molecule has 0 amide bonds. The number of fused-ring (bicyclic) bond motifs is 3. The number of halogens is 1. The van der Waals surface area contributed by atoms with Gasteiger partial charge in [-0.2, -0.15) is 0 Å². The number of rotatable bonds is 4. The van der Waals surface area contributed by atoms with Crippen LogP contribution >= 0.6 is 0 Å². The number of nitrogens with zero attached hydrogens (tertiary/aromatic N) is 3. The average Bonchev–Trinajstić information content (AvgIpc) is 3.37. The highest BCUT2D eigenvalue weighted by Crippen LogP contribution is 2.36. The van der Waals surface area contributed by atoms with Crippen molar-refractivity contribution in [3.05, 3.63) is 127 Å². The molecule has 2 aromatic heterocycles. The predicted octanol–water partition coefficient (Wildman–Crippen LogP) is 8.58. The van der Waals surface area contributed by atoms with Gasteiger partial charge in [0.2, 0.25) is 0 Å². The third-order valence-electron chi connectivity index (χ3n) is 6.62. The summed E-state index contributed by atoms with van der Waals surface area (Å²) in [5, 5.41) is 2.03. The van der Waals surface area contributed by atoms with E-state index >= 15 is 0 Å². The van der Waals surface area contributed by atoms with Gasteiger partial charge in [-0.05, 0) is 35.9 Å². The van der Waals surface area contributed by atoms with E-state index < -0.39 is 0 Å². The number of benzene rings is 5. The predicted molar refractivity (Wildman–Crippen MR) is 149 cm³/mol. The third kappa shape index (κ3) is 3.82. The molecule has 0 fully saturated rings. The first-order valence-corrected chi connectivity index (χ1v) is 12.3. The number of furan rings is 1. The number of aromatic nitrogens is 3. The molecule has 2 heterocycles. The monoisotopic (exact) mass is 493 g/mol. The highest BCUT2D eigenvalue weighted by Gasteiger charge is 2.18. The van der Waals surface area contributed by atoms with Crippen LogP contribution in [0.4, 0.5) is 4.39 Å². The van der Waals surface area contributed by atoms with E-state index in [2.05, 4.69) is 0 Å². The zero-order valence-corrected chi connectivity index (χ0v) is 20.2. The Morgan fingerprint density at radius 3 is 1.89 bits per heavy atom. The zero-order valence-electron chi connectivity index (χ0n) is 20.2. The molecule has 0 saturated carbocycles. The Bertz CT molecular complexity index is 1930. The van der Waals surface area contributed by atoms with Gasteiger partial charge in [-0.15, -0.1) is 0 Å². The van der Waals surface area contributed by atoms with Crippen LogP contribution in [-0.2, 0) is 0 Å². The van der Waals surface area contributed by atoms with Crippen LogP contribution in [0.3, 0.4) is 0 Å². The average molecular weight is 494 g/mol. The van der Waals surface area contributed by atoms with Crippen molar-refractivity contribution >= 4 is 21.9 Å². The Morgan fingerprint density at radius 2 is 1.11 bits per heavy atom. The Labute approximate surface area is 218 Å². The lowest BCUT2D eigenvalue weighted by Crippen LogP contribution is -2.00. The zero-order chi connectivity index (χ0) is 25.5. The fraction of sp³-hybridized carbons (Fsp3) is 0. The summed E-state index contributed by atoms with van der Waals surface area (Å²) >= 11 is 0. The lowest BCUT2D eigenvalue weighted by molar-refractivity contribution is 0.631. The quantitative estimate of drug-likeness (QED) is 0.246. The van der Waals surface area contributed by atoms with Crippen LogP contribution in [0, 0.1) is 5.82 Å². The van der Waals surface area contributed by atoms with Crippen molar-refractivity contribution in [2.45, 2.75) is 0 Å². The molecule has 0 N–H and O–H groups in total. The van der Waals surface area contributed by atoms with Gasteiger partial charge in [0, 0.05) is 27.5 Å². The first kappa shape index (κ1) is 22.1. The first-order valence-electron chi connectivity index (χ1n) is 12.3. The van der Waals surface area contributed by atoms with Crippen molar-refractivity contribution < 1.29 is 8.81 Å². The lowest BCUT2D eigenvalue weighted by Gasteiger charge is -2.10. The summed E-state index contributed by atoms with van der Waals surface area (Å²) < 4.78 is 21.1. The maximum atomic E-state index is 14.9. The van der Waals surface area contributed by atoms with Gasteiger partial charge in [0.1, 0.15) is 17.0 Å². The minimum absolute atomic E-state index is 0.301. The summed E-state index contributed by atoms with van der Waals surface area (Å²) in [5.41, 5.74) is 5.13. The fourth-order valence-corrected chi connectivity index (χ4v) is 4.77. The molecule has 38 heavy (non-hydrogen) atoms. The molecule has 0 aliphatic carbocycles. The summed E-state index contributed by atoms with van der Waals surface area (Å²) in [6.07, 6.45) is 0. The summed E-state index contributed by atoms with van der Waals surface area (Å²) in [5.74, 6) is 1.18. The summed E-state index contributed by atoms with van der Waals surface area (Å²) in [7, 11) is 0. The van der Waals surface area contributed by atoms with Crippen LogP contribution in [0.2, 0.25) is 0 Å². The number of hydrogen-bond acceptors (Lipinski definition) is 4. The molecule has 4 nitrogen and oxygen atoms in total. The highest BCUT2D eigenvalue weighted by atomic mass is 19.1. The minimum Gasteiger partial charge on any atom is -0.455 e. The van der Waals surface area contributed by atoms with E-state index in [-0.39, 0.29) is 5.82 Å². The molecule has 0 bridgehead atoms. The van der Waals surface area contributed by atoms with Gasteiger partial charge >= 0.3 is 0 Å². The highest BCUT2D eigenvalue weighted by molar-refractivity contribution is 6.09. The van der Waals surface area contributed by atoms with E-state index in [0.717, 1.165) is 33.0 Å². The van der Waals surface area contributed by atoms with Gasteiger partial charge in [-0.3, -0.25) is 0 Å². The molecule has 0 saturated heterocycles. The molecular formula is C33H20FN3O. The van der Waals surface area contributed by atoms with Gasteiger partial charge in [0.25, 0.3) is 0 Å². The number of hydrogen-bond donors (Lipinski definition) is 0. The maximum absolute atomic E-state index is 14.9. The summed E-state index contributed by atoms with van der Waals surface area (Å²) in [4.78, 5) is 14.6. The van der Waals surface area contributed by atoms with Gasteiger partial charge in [-0.25, -0.2) is 19.3 Å². The minimum atomic E-state index is -0.301. The van der Waals surface area contributed by atoms with Crippen LogP contribution in [0.15, 0.2) is 126 Å². The molecule has 5 aromatic carbocycles. The van der Waals surface area contributed by atoms with Gasteiger partial charge < -0.3 is 4.42 Å². The number of para-hydroxylation sites is 2. The molecule has 7 aromatic rings. The first-order chi connectivity index (χ1) is 18.7. The van der Waals surface area contributed by atoms with E-state index in [1.807, 2.05) is 103 Å². The molecule has 0 aliphatic heterocycles. The largest absolute Gasteiger partial charge is 0.455 e. The third-order valence-corrected chi connectivity index (χ3v) is 6.62. The molecule has 0 spiro atoms. The van der Waals surface area contributed by atoms with Crippen LogP contribution < -0.4 is 0 Å². The molecule has 5 heteroatoms. The van der Waals surface area contributed by atoms with Crippen molar-refractivity contribution in [1.29, 1.82) is 0 Å². The van der Waals surface area contributed by atoms with Crippen LogP contribution in [0.1, 0.15) is 0 Å². The van der Waals surface area contributed by atoms with Crippen molar-refractivity contribution in [2.24, 2.45) is 0 Å². The Kier molecular flexibility index (Phi) is 5.26. The summed E-state index contributed by atoms with van der Waals surface area (Å²) in [6, 6.07) is 38.1. The van der Waals surface area contributed by atoms with Crippen LogP contribution in [-0.4, -0.2) is 15.0 Å². The van der Waals surface area contributed by atoms with E-state index in [9.17, 15) is 4.39 Å². The molecule has 0 radical (unpaired) electrons. The Balaban J connectivity index is 1.46. The maximum Gasteiger partial charge on any atom is 0.167 e. The van der Waals surface area contributed by atoms with Crippen LogP contribution in [0.25, 0.3) is 67.2 Å². The second-order valence-corrected chi connectivity index (χ2v) is 9.01. The smallest absolute Gasteiger partial charge is 0.167 e. The van der Waals surface area contributed by atoms with Gasteiger partial charge in [0.15, 0.2) is 17.5 Å². The summed E-state index contributed by atoms with van der Waals surface area (Å²) in [6.45, 7) is 0. The van der Waals surface area contributed by atoms with E-state index in [1.54, 1.807) is 12.1 Å². The van der Waals surface area contributed by atoms with Gasteiger partial charge in [-0.1, -0.05) is 91.0 Å². The van der Waals surface area contributed by atoms with Gasteiger partial charge in [0.05, 0.1) is 5.56 Å². The molecule has 0 atom stereocenters. The Hall–Kier alpha value is -5.16.